The molecule has 1 aliphatic heterocycles. The van der Waals surface area contributed by atoms with Gasteiger partial charge in [-0.3, -0.25) is 9.47 Å². The Morgan fingerprint density at radius 2 is 1.82 bits per heavy atom. The van der Waals surface area contributed by atoms with Crippen LogP contribution < -0.4 is 5.32 Å². The zero-order chi connectivity index (χ0) is 22.8. The van der Waals surface area contributed by atoms with E-state index in [2.05, 4.69) is 31.9 Å². The average Bonchev–Trinajstić information content (AvgIpc) is 3.20. The fraction of sp³-hybridized carbons (Fsp3) is 0.240. The van der Waals surface area contributed by atoms with Gasteiger partial charge in [-0.15, -0.1) is 0 Å². The van der Waals surface area contributed by atoms with E-state index in [0.29, 0.717) is 30.3 Å². The number of hydrogen-bond donors (Lipinski definition) is 1. The SMILES string of the molecule is Cc1ccc(NC(=O)N2CCN(Cc3nc4cccnc4n3-c3ccccc3)CC2)cc1Cl. The third kappa shape index (κ3) is 4.55. The summed E-state index contributed by atoms with van der Waals surface area (Å²) in [6.45, 7) is 5.47. The highest BCUT2D eigenvalue weighted by atomic mass is 35.5. The zero-order valence-electron chi connectivity index (χ0n) is 18.4. The monoisotopic (exact) mass is 460 g/mol. The molecule has 0 unspecified atom stereocenters. The van der Waals surface area contributed by atoms with Crippen molar-refractivity contribution in [3.8, 4) is 5.69 Å². The molecule has 0 radical (unpaired) electrons. The molecule has 4 aromatic rings. The smallest absolute Gasteiger partial charge is 0.321 e. The van der Waals surface area contributed by atoms with Crippen molar-refractivity contribution >= 4 is 34.5 Å². The van der Waals surface area contributed by atoms with Crippen LogP contribution >= 0.6 is 11.6 Å². The van der Waals surface area contributed by atoms with E-state index in [0.717, 1.165) is 41.3 Å². The number of fused-ring (bicyclic) bond motifs is 1. The van der Waals surface area contributed by atoms with Crippen LogP contribution in [-0.4, -0.2) is 56.5 Å². The maximum absolute atomic E-state index is 12.7. The number of aryl methyl sites for hydroxylation is 1. The van der Waals surface area contributed by atoms with Gasteiger partial charge in [-0.25, -0.2) is 14.8 Å². The first-order chi connectivity index (χ1) is 16.1. The highest BCUT2D eigenvalue weighted by Crippen LogP contribution is 2.22. The third-order valence-corrected chi connectivity index (χ3v) is 6.35. The number of urea groups is 1. The molecule has 2 amide bonds. The average molecular weight is 461 g/mol. The van der Waals surface area contributed by atoms with Crippen molar-refractivity contribution in [1.82, 2.24) is 24.3 Å². The Morgan fingerprint density at radius 3 is 2.58 bits per heavy atom. The summed E-state index contributed by atoms with van der Waals surface area (Å²) in [5.74, 6) is 0.946. The van der Waals surface area contributed by atoms with Crippen molar-refractivity contribution in [2.45, 2.75) is 13.5 Å². The number of rotatable bonds is 4. The fourth-order valence-corrected chi connectivity index (χ4v) is 4.28. The van der Waals surface area contributed by atoms with Gasteiger partial charge in [0.25, 0.3) is 0 Å². The molecule has 0 saturated carbocycles. The number of hydrogen-bond acceptors (Lipinski definition) is 4. The van der Waals surface area contributed by atoms with Crippen molar-refractivity contribution < 1.29 is 4.79 Å². The second kappa shape index (κ2) is 9.21. The summed E-state index contributed by atoms with van der Waals surface area (Å²) in [6, 6.07) is 19.5. The lowest BCUT2D eigenvalue weighted by Gasteiger charge is -2.34. The maximum atomic E-state index is 12.7. The number of carbonyl (C=O) groups excluding carboxylic acids is 1. The Balaban J connectivity index is 1.27. The zero-order valence-corrected chi connectivity index (χ0v) is 19.2. The van der Waals surface area contributed by atoms with Crippen molar-refractivity contribution in [1.29, 1.82) is 0 Å². The molecule has 1 fully saturated rings. The second-order valence-electron chi connectivity index (χ2n) is 8.20. The molecule has 3 heterocycles. The van der Waals surface area contributed by atoms with E-state index >= 15 is 0 Å². The van der Waals surface area contributed by atoms with Gasteiger partial charge in [0, 0.05) is 48.8 Å². The van der Waals surface area contributed by atoms with Crippen LogP contribution in [0.4, 0.5) is 10.5 Å². The fourth-order valence-electron chi connectivity index (χ4n) is 4.10. The van der Waals surface area contributed by atoms with E-state index < -0.39 is 0 Å². The summed E-state index contributed by atoms with van der Waals surface area (Å²) in [7, 11) is 0. The van der Waals surface area contributed by atoms with Crippen LogP contribution in [0.25, 0.3) is 16.9 Å². The molecule has 7 nitrogen and oxygen atoms in total. The highest BCUT2D eigenvalue weighted by Gasteiger charge is 2.23. The summed E-state index contributed by atoms with van der Waals surface area (Å²) in [5, 5.41) is 3.60. The summed E-state index contributed by atoms with van der Waals surface area (Å²) in [6.07, 6.45) is 1.80. The largest absolute Gasteiger partial charge is 0.322 e. The molecule has 1 aliphatic rings. The number of para-hydroxylation sites is 1. The van der Waals surface area contributed by atoms with Gasteiger partial charge >= 0.3 is 6.03 Å². The summed E-state index contributed by atoms with van der Waals surface area (Å²) >= 11 is 6.18. The van der Waals surface area contributed by atoms with Crippen LogP contribution in [0.1, 0.15) is 11.4 Å². The van der Waals surface area contributed by atoms with Crippen LogP contribution in [0.15, 0.2) is 66.9 Å². The molecule has 2 aromatic carbocycles. The molecular weight excluding hydrogens is 436 g/mol. The Morgan fingerprint density at radius 1 is 1.03 bits per heavy atom. The Hall–Kier alpha value is -3.42. The molecule has 0 atom stereocenters. The van der Waals surface area contributed by atoms with Gasteiger partial charge in [-0.1, -0.05) is 35.9 Å². The number of amides is 2. The van der Waals surface area contributed by atoms with Crippen molar-refractivity contribution in [3.05, 3.63) is 83.3 Å². The molecule has 2 aromatic heterocycles. The minimum atomic E-state index is -0.102. The topological polar surface area (TPSA) is 66.3 Å². The standard InChI is InChI=1S/C25H25ClN6O/c1-18-9-10-19(16-21(18)26)28-25(33)31-14-12-30(13-15-31)17-23-29-22-8-5-11-27-24(22)32(23)20-6-3-2-4-7-20/h2-11,16H,12-15,17H2,1H3,(H,28,33). The Labute approximate surface area is 197 Å². The molecule has 5 rings (SSSR count). The number of pyridine rings is 1. The van der Waals surface area contributed by atoms with Gasteiger partial charge in [-0.2, -0.15) is 0 Å². The Bertz CT molecular complexity index is 1280. The number of carbonyl (C=O) groups is 1. The second-order valence-corrected chi connectivity index (χ2v) is 8.61. The number of imidazole rings is 1. The summed E-state index contributed by atoms with van der Waals surface area (Å²) in [5.41, 5.74) is 4.48. The summed E-state index contributed by atoms with van der Waals surface area (Å²) in [4.78, 5) is 26.3. The lowest BCUT2D eigenvalue weighted by atomic mass is 10.2. The van der Waals surface area contributed by atoms with Crippen LogP contribution in [0.5, 0.6) is 0 Å². The third-order valence-electron chi connectivity index (χ3n) is 5.95. The number of aromatic nitrogens is 3. The van der Waals surface area contributed by atoms with Crippen molar-refractivity contribution in [3.63, 3.8) is 0 Å². The number of nitrogens with one attached hydrogen (secondary N) is 1. The predicted octanol–water partition coefficient (Wildman–Crippen LogP) is 4.73. The molecule has 0 bridgehead atoms. The molecule has 168 valence electrons. The van der Waals surface area contributed by atoms with Crippen LogP contribution in [0.2, 0.25) is 5.02 Å². The first-order valence-electron chi connectivity index (χ1n) is 11.0. The number of halogens is 1. The lowest BCUT2D eigenvalue weighted by molar-refractivity contribution is 0.140. The quantitative estimate of drug-likeness (QED) is 0.478. The first-order valence-corrected chi connectivity index (χ1v) is 11.4. The number of anilines is 1. The number of nitrogens with zero attached hydrogens (tertiary/aromatic N) is 5. The van der Waals surface area contributed by atoms with Gasteiger partial charge in [0.15, 0.2) is 5.65 Å². The van der Waals surface area contributed by atoms with E-state index in [-0.39, 0.29) is 6.03 Å². The van der Waals surface area contributed by atoms with Gasteiger partial charge in [0.2, 0.25) is 0 Å². The highest BCUT2D eigenvalue weighted by molar-refractivity contribution is 6.31. The Kier molecular flexibility index (Phi) is 5.98. The predicted molar refractivity (Wildman–Crippen MR) is 131 cm³/mol. The minimum Gasteiger partial charge on any atom is -0.322 e. The van der Waals surface area contributed by atoms with E-state index in [4.69, 9.17) is 16.6 Å². The van der Waals surface area contributed by atoms with Crippen LogP contribution in [0, 0.1) is 6.92 Å². The van der Waals surface area contributed by atoms with Gasteiger partial charge in [0.1, 0.15) is 11.3 Å². The van der Waals surface area contributed by atoms with Gasteiger partial charge in [0.05, 0.1) is 6.54 Å². The van der Waals surface area contributed by atoms with E-state index in [1.807, 2.05) is 54.3 Å². The molecule has 1 saturated heterocycles. The van der Waals surface area contributed by atoms with Crippen LogP contribution in [0.3, 0.4) is 0 Å². The minimum absolute atomic E-state index is 0.102. The van der Waals surface area contributed by atoms with E-state index in [1.165, 1.54) is 0 Å². The number of piperazine rings is 1. The lowest BCUT2D eigenvalue weighted by Crippen LogP contribution is -2.49. The molecule has 0 spiro atoms. The van der Waals surface area contributed by atoms with Crippen LogP contribution in [-0.2, 0) is 6.54 Å². The summed E-state index contributed by atoms with van der Waals surface area (Å²) < 4.78 is 2.12. The molecule has 0 aliphatic carbocycles. The molecule has 1 N–H and O–H groups in total. The molecule has 33 heavy (non-hydrogen) atoms. The number of benzene rings is 2. The normalized spacial score (nSPS) is 14.5. The van der Waals surface area contributed by atoms with Crippen molar-refractivity contribution in [2.75, 3.05) is 31.5 Å². The van der Waals surface area contributed by atoms with Gasteiger partial charge < -0.3 is 10.2 Å². The molecular formula is C25H25ClN6O. The van der Waals surface area contributed by atoms with Gasteiger partial charge in [-0.05, 0) is 48.9 Å². The maximum Gasteiger partial charge on any atom is 0.321 e. The first kappa shape index (κ1) is 21.4. The molecule has 8 heteroatoms. The van der Waals surface area contributed by atoms with E-state index in [9.17, 15) is 4.79 Å². The van der Waals surface area contributed by atoms with Crippen molar-refractivity contribution in [2.24, 2.45) is 0 Å². The van der Waals surface area contributed by atoms with E-state index in [1.54, 1.807) is 12.3 Å².